The Kier molecular flexibility index (Phi) is 11.5. The molecule has 0 fully saturated rings. The van der Waals surface area contributed by atoms with Crippen LogP contribution in [0.4, 0.5) is 0 Å². The Morgan fingerprint density at radius 1 is 1.10 bits per heavy atom. The second-order valence-electron chi connectivity index (χ2n) is 5.85. The van der Waals surface area contributed by atoms with Crippen LogP contribution < -0.4 is 24.8 Å². The van der Waals surface area contributed by atoms with Crippen LogP contribution in [0.15, 0.2) is 35.5 Å². The van der Waals surface area contributed by atoms with Gasteiger partial charge in [-0.1, -0.05) is 17.7 Å². The van der Waals surface area contributed by atoms with E-state index < -0.39 is 0 Å². The highest BCUT2D eigenvalue weighted by Gasteiger charge is 2.14. The molecular formula is C20H28ClIN4O3. The first-order chi connectivity index (χ1) is 13.6. The zero-order valence-electron chi connectivity index (χ0n) is 17.1. The molecular weight excluding hydrogens is 507 g/mol. The van der Waals surface area contributed by atoms with Crippen LogP contribution >= 0.6 is 35.6 Å². The normalized spacial score (nSPS) is 10.7. The molecule has 0 unspecified atom stereocenters. The molecule has 1 heterocycles. The van der Waals surface area contributed by atoms with Gasteiger partial charge in [0.25, 0.3) is 0 Å². The fourth-order valence-electron chi connectivity index (χ4n) is 2.61. The highest BCUT2D eigenvalue weighted by Crippen LogP contribution is 2.38. The first-order valence-electron chi connectivity index (χ1n) is 9.03. The van der Waals surface area contributed by atoms with E-state index in [4.69, 9.17) is 25.8 Å². The molecule has 0 aliphatic carbocycles. The second-order valence-corrected chi connectivity index (χ2v) is 6.24. The van der Waals surface area contributed by atoms with Gasteiger partial charge < -0.3 is 24.8 Å². The van der Waals surface area contributed by atoms with Crippen LogP contribution in [0.25, 0.3) is 0 Å². The largest absolute Gasteiger partial charge is 0.493 e. The monoisotopic (exact) mass is 534 g/mol. The third kappa shape index (κ3) is 7.77. The molecule has 1 aromatic heterocycles. The number of hydrogen-bond acceptors (Lipinski definition) is 5. The van der Waals surface area contributed by atoms with Crippen molar-refractivity contribution in [3.05, 3.63) is 46.7 Å². The van der Waals surface area contributed by atoms with Gasteiger partial charge >= 0.3 is 0 Å². The minimum absolute atomic E-state index is 0. The lowest BCUT2D eigenvalue weighted by atomic mass is 10.1. The predicted molar refractivity (Wildman–Crippen MR) is 127 cm³/mol. The number of nitrogens with zero attached hydrogens (tertiary/aromatic N) is 2. The summed E-state index contributed by atoms with van der Waals surface area (Å²) in [5.41, 5.74) is 2.09. The summed E-state index contributed by atoms with van der Waals surface area (Å²) >= 11 is 5.81. The maximum Gasteiger partial charge on any atom is 0.203 e. The van der Waals surface area contributed by atoms with Crippen LogP contribution in [-0.2, 0) is 13.0 Å². The lowest BCUT2D eigenvalue weighted by molar-refractivity contribution is 0.288. The smallest absolute Gasteiger partial charge is 0.203 e. The van der Waals surface area contributed by atoms with Crippen LogP contribution in [0.5, 0.6) is 17.2 Å². The molecule has 7 nitrogen and oxygen atoms in total. The zero-order valence-corrected chi connectivity index (χ0v) is 20.2. The number of nitrogens with one attached hydrogen (secondary N) is 2. The van der Waals surface area contributed by atoms with Gasteiger partial charge in [-0.2, -0.15) is 0 Å². The van der Waals surface area contributed by atoms with Crippen molar-refractivity contribution >= 4 is 41.5 Å². The van der Waals surface area contributed by atoms with Gasteiger partial charge in [0.05, 0.1) is 20.8 Å². The molecule has 2 aromatic rings. The summed E-state index contributed by atoms with van der Waals surface area (Å²) < 4.78 is 16.5. The Labute approximate surface area is 194 Å². The van der Waals surface area contributed by atoms with Crippen molar-refractivity contribution in [2.45, 2.75) is 19.9 Å². The van der Waals surface area contributed by atoms with Gasteiger partial charge in [-0.15, -0.1) is 24.0 Å². The number of guanidine groups is 1. The molecule has 2 N–H and O–H groups in total. The molecule has 0 saturated carbocycles. The summed E-state index contributed by atoms with van der Waals surface area (Å²) in [5, 5.41) is 7.06. The van der Waals surface area contributed by atoms with E-state index in [1.54, 1.807) is 33.5 Å². The summed E-state index contributed by atoms with van der Waals surface area (Å²) in [7, 11) is 4.96. The maximum atomic E-state index is 5.81. The molecule has 0 amide bonds. The third-order valence-corrected chi connectivity index (χ3v) is 4.21. The van der Waals surface area contributed by atoms with Crippen molar-refractivity contribution in [3.8, 4) is 17.2 Å². The summed E-state index contributed by atoms with van der Waals surface area (Å²) in [5.74, 6) is 2.58. The molecule has 0 bridgehead atoms. The van der Waals surface area contributed by atoms with Crippen LogP contribution in [0.2, 0.25) is 5.15 Å². The first-order valence-corrected chi connectivity index (χ1v) is 9.41. The number of aliphatic imine (C=N–C) groups is 1. The number of methoxy groups -OCH3 is 2. The van der Waals surface area contributed by atoms with E-state index in [1.807, 2.05) is 25.1 Å². The lowest BCUT2D eigenvalue weighted by Gasteiger charge is -2.16. The number of halogens is 2. The molecule has 9 heteroatoms. The average molecular weight is 535 g/mol. The highest BCUT2D eigenvalue weighted by atomic mass is 127. The van der Waals surface area contributed by atoms with Crippen LogP contribution in [0.3, 0.4) is 0 Å². The van der Waals surface area contributed by atoms with Crippen LogP contribution in [-0.4, -0.2) is 45.4 Å². The molecule has 0 saturated heterocycles. The highest BCUT2D eigenvalue weighted by molar-refractivity contribution is 14.0. The molecule has 0 radical (unpaired) electrons. The molecule has 1 aromatic carbocycles. The van der Waals surface area contributed by atoms with Gasteiger partial charge in [-0.25, -0.2) is 4.98 Å². The summed E-state index contributed by atoms with van der Waals surface area (Å²) in [6.07, 6.45) is 2.59. The van der Waals surface area contributed by atoms with Crippen molar-refractivity contribution in [1.82, 2.24) is 15.6 Å². The van der Waals surface area contributed by atoms with Crippen LogP contribution in [0.1, 0.15) is 18.1 Å². The van der Waals surface area contributed by atoms with E-state index >= 15 is 0 Å². The minimum Gasteiger partial charge on any atom is -0.493 e. The minimum atomic E-state index is 0. The van der Waals surface area contributed by atoms with Gasteiger partial charge in [0.2, 0.25) is 5.75 Å². The number of ether oxygens (including phenoxy) is 3. The van der Waals surface area contributed by atoms with Gasteiger partial charge in [0.1, 0.15) is 5.15 Å². The molecule has 0 aliphatic rings. The second kappa shape index (κ2) is 13.3. The van der Waals surface area contributed by atoms with Gasteiger partial charge in [0, 0.05) is 26.3 Å². The number of pyridine rings is 1. The van der Waals surface area contributed by atoms with Crippen LogP contribution in [0, 0.1) is 0 Å². The summed E-state index contributed by atoms with van der Waals surface area (Å²) in [6, 6.07) is 7.60. The van der Waals surface area contributed by atoms with E-state index in [-0.39, 0.29) is 24.0 Å². The molecule has 2 rings (SSSR count). The quantitative estimate of drug-likeness (QED) is 0.221. The van der Waals surface area contributed by atoms with Gasteiger partial charge in [-0.05, 0) is 42.7 Å². The SMILES string of the molecule is CCOc1c(OC)cc(CNC(=NC)NCCc2ccc(Cl)nc2)cc1OC.I. The Morgan fingerprint density at radius 2 is 1.79 bits per heavy atom. The van der Waals surface area contributed by atoms with Crippen molar-refractivity contribution in [3.63, 3.8) is 0 Å². The van der Waals surface area contributed by atoms with Gasteiger partial charge in [0.15, 0.2) is 17.5 Å². The van der Waals surface area contributed by atoms with E-state index in [2.05, 4.69) is 20.6 Å². The van der Waals surface area contributed by atoms with E-state index in [9.17, 15) is 0 Å². The van der Waals surface area contributed by atoms with Gasteiger partial charge in [-0.3, -0.25) is 4.99 Å². The van der Waals surface area contributed by atoms with E-state index in [0.717, 1.165) is 24.1 Å². The first kappa shape index (κ1) is 25.1. The Balaban J connectivity index is 0.00000420. The average Bonchev–Trinajstić information content (AvgIpc) is 2.72. The third-order valence-electron chi connectivity index (χ3n) is 3.99. The molecule has 0 spiro atoms. The predicted octanol–water partition coefficient (Wildman–Crippen LogP) is 3.68. The van der Waals surface area contributed by atoms with E-state index in [0.29, 0.717) is 41.5 Å². The van der Waals surface area contributed by atoms with Crippen molar-refractivity contribution < 1.29 is 14.2 Å². The van der Waals surface area contributed by atoms with Crippen molar-refractivity contribution in [1.29, 1.82) is 0 Å². The van der Waals surface area contributed by atoms with Crippen molar-refractivity contribution in [2.75, 3.05) is 34.4 Å². The fourth-order valence-corrected chi connectivity index (χ4v) is 2.72. The lowest BCUT2D eigenvalue weighted by Crippen LogP contribution is -2.37. The Hall–Kier alpha value is -1.94. The molecule has 29 heavy (non-hydrogen) atoms. The molecule has 160 valence electrons. The topological polar surface area (TPSA) is 77.0 Å². The standard InChI is InChI=1S/C20H27ClN4O3.HI/c1-5-28-19-16(26-3)10-15(11-17(19)27-4)13-25-20(22-2)23-9-8-14-6-7-18(21)24-12-14;/h6-7,10-12H,5,8-9,13H2,1-4H3,(H2,22,23,25);1H. The number of hydrogen-bond donors (Lipinski definition) is 2. The summed E-state index contributed by atoms with van der Waals surface area (Å²) in [6.45, 7) is 3.73. The molecule has 0 atom stereocenters. The van der Waals surface area contributed by atoms with Crippen molar-refractivity contribution in [2.24, 2.45) is 4.99 Å². The zero-order chi connectivity index (χ0) is 20.4. The fraction of sp³-hybridized carbons (Fsp3) is 0.400. The Bertz CT molecular complexity index is 763. The molecule has 0 aliphatic heterocycles. The number of benzene rings is 1. The Morgan fingerprint density at radius 3 is 2.31 bits per heavy atom. The number of aromatic nitrogens is 1. The summed E-state index contributed by atoms with van der Waals surface area (Å²) in [4.78, 5) is 8.33. The maximum absolute atomic E-state index is 5.81. The number of rotatable bonds is 9. The van der Waals surface area contributed by atoms with E-state index in [1.165, 1.54) is 0 Å².